The van der Waals surface area contributed by atoms with Crippen molar-refractivity contribution in [3.8, 4) is 0 Å². The first-order valence-corrected chi connectivity index (χ1v) is 12.4. The Morgan fingerprint density at radius 3 is 2.30 bits per heavy atom. The molecule has 5 rings (SSSR count). The fourth-order valence-corrected chi connectivity index (χ4v) is 5.73. The molecule has 2 heterocycles. The lowest BCUT2D eigenvalue weighted by Crippen LogP contribution is -2.31. The van der Waals surface area contributed by atoms with Gasteiger partial charge in [-0.25, -0.2) is 0 Å². The van der Waals surface area contributed by atoms with Crippen LogP contribution in [0.4, 0.5) is 11.4 Å². The van der Waals surface area contributed by atoms with Crippen LogP contribution in [0.1, 0.15) is 58.1 Å². The molecule has 2 aromatic carbocycles. The van der Waals surface area contributed by atoms with Gasteiger partial charge in [-0.05, 0) is 59.7 Å². The van der Waals surface area contributed by atoms with Crippen LogP contribution in [0.25, 0.3) is 0 Å². The number of allylic oxidation sites excluding steroid dienone is 7. The number of hydrogen-bond donors (Lipinski definition) is 2. The maximum absolute atomic E-state index is 6.93. The molecule has 2 aromatic rings. The van der Waals surface area contributed by atoms with Crippen molar-refractivity contribution in [3.05, 3.63) is 106 Å². The second-order valence-corrected chi connectivity index (χ2v) is 10.9. The van der Waals surface area contributed by atoms with Crippen LogP contribution in [-0.2, 0) is 10.8 Å². The largest absolute Gasteiger partial charge is 0.378 e. The maximum Gasteiger partial charge on any atom is 0.0539 e. The lowest BCUT2D eigenvalue weighted by atomic mass is 9.80. The van der Waals surface area contributed by atoms with Crippen molar-refractivity contribution in [2.24, 2.45) is 0 Å². The van der Waals surface area contributed by atoms with Crippen LogP contribution < -0.4 is 10.6 Å². The van der Waals surface area contributed by atoms with Crippen molar-refractivity contribution in [2.75, 3.05) is 10.6 Å². The van der Waals surface area contributed by atoms with E-state index in [2.05, 4.69) is 111 Å². The minimum atomic E-state index is -0.0318. The summed E-state index contributed by atoms with van der Waals surface area (Å²) in [7, 11) is 0. The summed E-state index contributed by atoms with van der Waals surface area (Å²) in [6.07, 6.45) is 12.2. The normalized spacial score (nSPS) is 25.3. The number of fused-ring (bicyclic) bond motifs is 2. The number of para-hydroxylation sites is 2. The monoisotopic (exact) mass is 456 g/mol. The van der Waals surface area contributed by atoms with Gasteiger partial charge in [0.15, 0.2) is 0 Å². The van der Waals surface area contributed by atoms with Crippen LogP contribution in [0.15, 0.2) is 94.7 Å². The zero-order valence-electron chi connectivity index (χ0n) is 20.0. The van der Waals surface area contributed by atoms with Crippen LogP contribution in [0.5, 0.6) is 0 Å². The molecule has 3 aliphatic rings. The Kier molecular flexibility index (Phi) is 5.53. The summed E-state index contributed by atoms with van der Waals surface area (Å²) in [6, 6.07) is 17.4. The first-order valence-electron chi connectivity index (χ1n) is 12.0. The molecule has 170 valence electrons. The SMILES string of the molecule is CC1(C)/C(=C\C=C2/CCCC(/C=C/C3Nc4ccccc4C3(C)C)=C2Cl)Nc2ccccc21. The highest BCUT2D eigenvalue weighted by molar-refractivity contribution is 6.32. The molecule has 0 saturated carbocycles. The van der Waals surface area contributed by atoms with E-state index in [4.69, 9.17) is 11.6 Å². The molecular formula is C30H33ClN2. The number of halogens is 1. The highest BCUT2D eigenvalue weighted by atomic mass is 35.5. The Hall–Kier alpha value is -2.71. The van der Waals surface area contributed by atoms with E-state index in [1.807, 2.05) is 0 Å². The molecule has 0 radical (unpaired) electrons. The first kappa shape index (κ1) is 22.1. The van der Waals surface area contributed by atoms with Gasteiger partial charge in [-0.15, -0.1) is 0 Å². The Labute approximate surface area is 203 Å². The minimum Gasteiger partial charge on any atom is -0.378 e. The van der Waals surface area contributed by atoms with Gasteiger partial charge in [0.2, 0.25) is 0 Å². The van der Waals surface area contributed by atoms with Gasteiger partial charge in [-0.2, -0.15) is 0 Å². The molecule has 1 atom stereocenters. The molecular weight excluding hydrogens is 424 g/mol. The highest BCUT2D eigenvalue weighted by Gasteiger charge is 2.37. The van der Waals surface area contributed by atoms with Gasteiger partial charge in [0.1, 0.15) is 0 Å². The van der Waals surface area contributed by atoms with Crippen LogP contribution in [0.3, 0.4) is 0 Å². The summed E-state index contributed by atoms with van der Waals surface area (Å²) in [5.41, 5.74) is 8.86. The zero-order valence-corrected chi connectivity index (χ0v) is 20.8. The van der Waals surface area contributed by atoms with E-state index in [0.29, 0.717) is 0 Å². The van der Waals surface area contributed by atoms with E-state index in [1.165, 1.54) is 39.3 Å². The minimum absolute atomic E-state index is 0.0318. The Morgan fingerprint density at radius 1 is 0.879 bits per heavy atom. The Bertz CT molecular complexity index is 1210. The van der Waals surface area contributed by atoms with Crippen LogP contribution in [0.2, 0.25) is 0 Å². The Balaban J connectivity index is 1.38. The van der Waals surface area contributed by atoms with E-state index in [-0.39, 0.29) is 16.9 Å². The van der Waals surface area contributed by atoms with E-state index in [0.717, 1.165) is 24.3 Å². The summed E-state index contributed by atoms with van der Waals surface area (Å²) in [5, 5.41) is 8.20. The molecule has 0 amide bonds. The smallest absolute Gasteiger partial charge is 0.0539 e. The number of nitrogens with one attached hydrogen (secondary N) is 2. The molecule has 0 spiro atoms. The van der Waals surface area contributed by atoms with E-state index in [1.54, 1.807) is 0 Å². The molecule has 3 heteroatoms. The molecule has 2 aliphatic heterocycles. The van der Waals surface area contributed by atoms with Crippen LogP contribution in [0, 0.1) is 0 Å². The van der Waals surface area contributed by atoms with Crippen molar-refractivity contribution in [2.45, 2.75) is 63.8 Å². The van der Waals surface area contributed by atoms with Crippen LogP contribution in [-0.4, -0.2) is 6.04 Å². The fraction of sp³-hybridized carbons (Fsp3) is 0.333. The summed E-state index contributed by atoms with van der Waals surface area (Å²) in [5.74, 6) is 0. The predicted molar refractivity (Wildman–Crippen MR) is 142 cm³/mol. The summed E-state index contributed by atoms with van der Waals surface area (Å²) in [6.45, 7) is 9.17. The summed E-state index contributed by atoms with van der Waals surface area (Å²) in [4.78, 5) is 0. The number of benzene rings is 2. The average molecular weight is 457 g/mol. The van der Waals surface area contributed by atoms with Crippen molar-refractivity contribution in [3.63, 3.8) is 0 Å². The van der Waals surface area contributed by atoms with Crippen LogP contribution >= 0.6 is 11.6 Å². The van der Waals surface area contributed by atoms with Crippen molar-refractivity contribution >= 4 is 23.0 Å². The Morgan fingerprint density at radius 2 is 1.58 bits per heavy atom. The second-order valence-electron chi connectivity index (χ2n) is 10.5. The topological polar surface area (TPSA) is 24.1 Å². The zero-order chi connectivity index (χ0) is 23.2. The molecule has 2 N–H and O–H groups in total. The molecule has 0 fully saturated rings. The highest BCUT2D eigenvalue weighted by Crippen LogP contribution is 2.44. The molecule has 33 heavy (non-hydrogen) atoms. The van der Waals surface area contributed by atoms with E-state index in [9.17, 15) is 0 Å². The third-order valence-corrected chi connectivity index (χ3v) is 8.14. The molecule has 2 nitrogen and oxygen atoms in total. The lowest BCUT2D eigenvalue weighted by Gasteiger charge is -2.25. The van der Waals surface area contributed by atoms with Crippen molar-refractivity contribution < 1.29 is 0 Å². The van der Waals surface area contributed by atoms with Gasteiger partial charge < -0.3 is 10.6 Å². The number of rotatable bonds is 3. The van der Waals surface area contributed by atoms with Crippen molar-refractivity contribution in [1.82, 2.24) is 0 Å². The molecule has 0 saturated heterocycles. The predicted octanol–water partition coefficient (Wildman–Crippen LogP) is 8.20. The molecule has 0 bridgehead atoms. The quantitative estimate of drug-likeness (QED) is 0.486. The molecule has 0 aromatic heterocycles. The van der Waals surface area contributed by atoms with Crippen molar-refractivity contribution in [1.29, 1.82) is 0 Å². The van der Waals surface area contributed by atoms with Gasteiger partial charge in [-0.1, -0.05) is 93.9 Å². The van der Waals surface area contributed by atoms with Gasteiger partial charge in [0.25, 0.3) is 0 Å². The summed E-state index contributed by atoms with van der Waals surface area (Å²) >= 11 is 6.93. The first-order chi connectivity index (χ1) is 15.8. The third-order valence-electron chi connectivity index (χ3n) is 7.65. The number of hydrogen-bond acceptors (Lipinski definition) is 2. The van der Waals surface area contributed by atoms with Gasteiger partial charge in [-0.3, -0.25) is 0 Å². The van der Waals surface area contributed by atoms with E-state index >= 15 is 0 Å². The summed E-state index contributed by atoms with van der Waals surface area (Å²) < 4.78 is 0. The maximum atomic E-state index is 6.93. The second kappa shape index (κ2) is 8.25. The molecule has 1 unspecified atom stereocenters. The van der Waals surface area contributed by atoms with Gasteiger partial charge in [0.05, 0.1) is 6.04 Å². The number of anilines is 2. The standard InChI is InChI=1S/C30H33ClN2/c1-29(2)22-12-5-7-14-24(22)32-26(29)18-16-20-10-9-11-21(28(20)31)17-19-27-30(3,4)23-13-6-8-15-25(23)33-27/h5-8,12-19,26,32-33H,9-11H2,1-4H3/b18-16+,21-17+,27-19+. The molecule has 1 aliphatic carbocycles. The average Bonchev–Trinajstić information content (AvgIpc) is 3.21. The van der Waals surface area contributed by atoms with Gasteiger partial charge >= 0.3 is 0 Å². The van der Waals surface area contributed by atoms with E-state index < -0.39 is 0 Å². The third kappa shape index (κ3) is 3.85. The fourth-order valence-electron chi connectivity index (χ4n) is 5.41. The lowest BCUT2D eigenvalue weighted by molar-refractivity contribution is 0.517. The van der Waals surface area contributed by atoms with Gasteiger partial charge in [0, 0.05) is 32.9 Å².